The molecule has 0 fully saturated rings. The van der Waals surface area contributed by atoms with E-state index in [1.165, 1.54) is 24.3 Å². The van der Waals surface area contributed by atoms with Crippen molar-refractivity contribution in [3.8, 4) is 5.75 Å². The number of nitrogens with one attached hydrogen (secondary N) is 2. The molecule has 0 aliphatic rings. The van der Waals surface area contributed by atoms with Gasteiger partial charge in [-0.05, 0) is 29.8 Å². The summed E-state index contributed by atoms with van der Waals surface area (Å²) in [5, 5.41) is 10.7. The van der Waals surface area contributed by atoms with Crippen LogP contribution in [0.2, 0.25) is 0 Å². The number of hydrazine groups is 1. The van der Waals surface area contributed by atoms with E-state index in [0.717, 1.165) is 5.56 Å². The Bertz CT molecular complexity index is 1040. The molecular formula is C22H19N3O5. The van der Waals surface area contributed by atoms with E-state index in [1.54, 1.807) is 24.3 Å². The van der Waals surface area contributed by atoms with E-state index in [4.69, 9.17) is 4.74 Å². The summed E-state index contributed by atoms with van der Waals surface area (Å²) >= 11 is 0. The predicted octanol–water partition coefficient (Wildman–Crippen LogP) is 3.29. The Hall–Kier alpha value is -4.20. The maximum atomic E-state index is 12.5. The van der Waals surface area contributed by atoms with Crippen molar-refractivity contribution in [1.29, 1.82) is 0 Å². The van der Waals surface area contributed by atoms with Gasteiger partial charge in [0.05, 0.1) is 17.1 Å². The van der Waals surface area contributed by atoms with Crippen molar-refractivity contribution in [3.63, 3.8) is 0 Å². The fourth-order valence-corrected chi connectivity index (χ4v) is 2.69. The third-order valence-corrected chi connectivity index (χ3v) is 4.25. The van der Waals surface area contributed by atoms with Crippen LogP contribution < -0.4 is 15.6 Å². The molecule has 8 heteroatoms. The molecule has 0 atom stereocenters. The predicted molar refractivity (Wildman–Crippen MR) is 110 cm³/mol. The monoisotopic (exact) mass is 405 g/mol. The maximum Gasteiger partial charge on any atom is 0.273 e. The number of carbonyl (C=O) groups excluding carboxylic acids is 2. The van der Waals surface area contributed by atoms with Crippen molar-refractivity contribution in [2.45, 2.75) is 6.42 Å². The standard InChI is InChI=1S/C22H19N3O5/c26-21(17-10-12-18(13-11-17)25(28)29)23-24-22(27)19-8-4-5-9-20(19)30-15-14-16-6-2-1-3-7-16/h1-13H,14-15H2,(H,23,26)(H,24,27). The van der Waals surface area contributed by atoms with Crippen molar-refractivity contribution in [2.24, 2.45) is 0 Å². The van der Waals surface area contributed by atoms with E-state index < -0.39 is 16.7 Å². The number of nitro groups is 1. The normalized spacial score (nSPS) is 10.1. The summed E-state index contributed by atoms with van der Waals surface area (Å²) in [6.07, 6.45) is 0.688. The molecule has 2 N–H and O–H groups in total. The number of rotatable bonds is 7. The van der Waals surface area contributed by atoms with Gasteiger partial charge in [-0.3, -0.25) is 30.6 Å². The van der Waals surface area contributed by atoms with Crippen molar-refractivity contribution in [3.05, 3.63) is 106 Å². The summed E-state index contributed by atoms with van der Waals surface area (Å²) in [4.78, 5) is 34.8. The highest BCUT2D eigenvalue weighted by Gasteiger charge is 2.14. The number of nitrogens with zero attached hydrogens (tertiary/aromatic N) is 1. The molecule has 3 rings (SSSR count). The second-order valence-electron chi connectivity index (χ2n) is 6.29. The Morgan fingerprint density at radius 2 is 1.47 bits per heavy atom. The van der Waals surface area contributed by atoms with E-state index >= 15 is 0 Å². The number of nitro benzene ring substituents is 1. The topological polar surface area (TPSA) is 111 Å². The third-order valence-electron chi connectivity index (χ3n) is 4.25. The lowest BCUT2D eigenvalue weighted by Gasteiger charge is -2.12. The van der Waals surface area contributed by atoms with Crippen molar-refractivity contribution in [2.75, 3.05) is 6.61 Å². The molecule has 3 aromatic carbocycles. The van der Waals surface area contributed by atoms with Crippen LogP contribution in [0, 0.1) is 10.1 Å². The van der Waals surface area contributed by atoms with Gasteiger partial charge >= 0.3 is 0 Å². The lowest BCUT2D eigenvalue weighted by molar-refractivity contribution is -0.384. The summed E-state index contributed by atoms with van der Waals surface area (Å²) in [5.41, 5.74) is 6.06. The molecule has 30 heavy (non-hydrogen) atoms. The molecular weight excluding hydrogens is 386 g/mol. The molecule has 0 bridgehead atoms. The molecule has 0 unspecified atom stereocenters. The molecule has 0 heterocycles. The molecule has 8 nitrogen and oxygen atoms in total. The smallest absolute Gasteiger partial charge is 0.273 e. The number of hydrogen-bond acceptors (Lipinski definition) is 5. The fourth-order valence-electron chi connectivity index (χ4n) is 2.69. The van der Waals surface area contributed by atoms with Gasteiger partial charge in [-0.25, -0.2) is 0 Å². The number of carbonyl (C=O) groups is 2. The number of benzene rings is 3. The summed E-state index contributed by atoms with van der Waals surface area (Å²) in [6, 6.07) is 21.6. The van der Waals surface area contributed by atoms with Gasteiger partial charge in [0.1, 0.15) is 5.75 Å². The van der Waals surface area contributed by atoms with Crippen LogP contribution >= 0.6 is 0 Å². The number of amides is 2. The Balaban J connectivity index is 1.57. The molecule has 0 aromatic heterocycles. The van der Waals surface area contributed by atoms with Crippen LogP contribution in [-0.2, 0) is 6.42 Å². The fraction of sp³-hybridized carbons (Fsp3) is 0.0909. The highest BCUT2D eigenvalue weighted by molar-refractivity contribution is 6.00. The van der Waals surface area contributed by atoms with Crippen LogP contribution in [0.25, 0.3) is 0 Å². The van der Waals surface area contributed by atoms with Gasteiger partial charge in [-0.2, -0.15) is 0 Å². The summed E-state index contributed by atoms with van der Waals surface area (Å²) in [7, 11) is 0. The molecule has 2 amide bonds. The zero-order valence-electron chi connectivity index (χ0n) is 15.9. The van der Waals surface area contributed by atoms with Gasteiger partial charge in [-0.15, -0.1) is 0 Å². The van der Waals surface area contributed by atoms with E-state index in [9.17, 15) is 19.7 Å². The third kappa shape index (κ3) is 5.41. The lowest BCUT2D eigenvalue weighted by Crippen LogP contribution is -2.41. The van der Waals surface area contributed by atoms with Gasteiger partial charge < -0.3 is 4.74 Å². The highest BCUT2D eigenvalue weighted by atomic mass is 16.6. The Morgan fingerprint density at radius 3 is 2.17 bits per heavy atom. The minimum Gasteiger partial charge on any atom is -0.492 e. The first-order valence-electron chi connectivity index (χ1n) is 9.15. The largest absolute Gasteiger partial charge is 0.492 e. The molecule has 0 radical (unpaired) electrons. The van der Waals surface area contributed by atoms with E-state index in [1.807, 2.05) is 30.3 Å². The minimum atomic E-state index is -0.597. The SMILES string of the molecule is O=C(NNC(=O)c1ccccc1OCCc1ccccc1)c1ccc([N+](=O)[O-])cc1. The lowest BCUT2D eigenvalue weighted by atomic mass is 10.1. The Morgan fingerprint density at radius 1 is 0.833 bits per heavy atom. The zero-order valence-corrected chi connectivity index (χ0v) is 15.9. The number of non-ortho nitro benzene ring substituents is 1. The van der Waals surface area contributed by atoms with Crippen LogP contribution in [0.3, 0.4) is 0 Å². The van der Waals surface area contributed by atoms with Crippen LogP contribution in [0.4, 0.5) is 5.69 Å². The average molecular weight is 405 g/mol. The van der Waals surface area contributed by atoms with Crippen LogP contribution in [0.15, 0.2) is 78.9 Å². The molecule has 0 aliphatic heterocycles. The first-order chi connectivity index (χ1) is 14.5. The molecule has 0 spiro atoms. The summed E-state index contributed by atoms with van der Waals surface area (Å²) in [6.45, 7) is 0.392. The number of para-hydroxylation sites is 1. The molecule has 3 aromatic rings. The Labute approximate surface area is 172 Å². The van der Waals surface area contributed by atoms with Gasteiger partial charge in [0.15, 0.2) is 0 Å². The number of ether oxygens (including phenoxy) is 1. The molecule has 152 valence electrons. The quantitative estimate of drug-likeness (QED) is 0.463. The van der Waals surface area contributed by atoms with Gasteiger partial charge in [-0.1, -0.05) is 42.5 Å². The number of hydrogen-bond donors (Lipinski definition) is 2. The second-order valence-corrected chi connectivity index (χ2v) is 6.29. The second kappa shape index (κ2) is 9.83. The molecule has 0 aliphatic carbocycles. The molecule has 0 saturated carbocycles. The Kier molecular flexibility index (Phi) is 6.73. The maximum absolute atomic E-state index is 12.5. The first-order valence-corrected chi connectivity index (χ1v) is 9.15. The van der Waals surface area contributed by atoms with Crippen molar-refractivity contribution < 1.29 is 19.2 Å². The van der Waals surface area contributed by atoms with Crippen LogP contribution in [-0.4, -0.2) is 23.3 Å². The molecule has 0 saturated heterocycles. The van der Waals surface area contributed by atoms with E-state index in [2.05, 4.69) is 10.9 Å². The van der Waals surface area contributed by atoms with Gasteiger partial charge in [0, 0.05) is 24.1 Å². The first kappa shape index (κ1) is 20.5. The van der Waals surface area contributed by atoms with E-state index in [0.29, 0.717) is 18.8 Å². The van der Waals surface area contributed by atoms with Crippen molar-refractivity contribution >= 4 is 17.5 Å². The summed E-state index contributed by atoms with van der Waals surface area (Å²) in [5.74, 6) is -0.739. The van der Waals surface area contributed by atoms with Crippen LogP contribution in [0.1, 0.15) is 26.3 Å². The summed E-state index contributed by atoms with van der Waals surface area (Å²) < 4.78 is 5.75. The minimum absolute atomic E-state index is 0.128. The zero-order chi connectivity index (χ0) is 21.3. The van der Waals surface area contributed by atoms with Crippen LogP contribution in [0.5, 0.6) is 5.75 Å². The van der Waals surface area contributed by atoms with Gasteiger partial charge in [0.2, 0.25) is 0 Å². The van der Waals surface area contributed by atoms with Crippen molar-refractivity contribution in [1.82, 2.24) is 10.9 Å². The van der Waals surface area contributed by atoms with E-state index in [-0.39, 0.29) is 16.8 Å². The highest BCUT2D eigenvalue weighted by Crippen LogP contribution is 2.18. The van der Waals surface area contributed by atoms with Gasteiger partial charge in [0.25, 0.3) is 17.5 Å². The average Bonchev–Trinajstić information content (AvgIpc) is 2.78.